The van der Waals surface area contributed by atoms with Gasteiger partial charge in [0.2, 0.25) is 5.91 Å². The molecule has 29 heavy (non-hydrogen) atoms. The third kappa shape index (κ3) is 4.82. The van der Waals surface area contributed by atoms with Crippen LogP contribution in [0, 0.1) is 11.3 Å². The Labute approximate surface area is 168 Å². The van der Waals surface area contributed by atoms with Gasteiger partial charge in [-0.05, 0) is 42.0 Å². The second kappa shape index (κ2) is 9.24. The monoisotopic (exact) mass is 389 g/mol. The van der Waals surface area contributed by atoms with Gasteiger partial charge in [-0.15, -0.1) is 0 Å². The number of hydrogen-bond acceptors (Lipinski definition) is 6. The summed E-state index contributed by atoms with van der Waals surface area (Å²) in [5, 5.41) is 13.1. The van der Waals surface area contributed by atoms with Gasteiger partial charge in [-0.1, -0.05) is 18.2 Å². The largest absolute Gasteiger partial charge is 0.493 e. The van der Waals surface area contributed by atoms with Crippen LogP contribution in [-0.4, -0.2) is 26.3 Å². The van der Waals surface area contributed by atoms with Gasteiger partial charge in [-0.25, -0.2) is 5.43 Å². The van der Waals surface area contributed by atoms with Crippen LogP contribution in [0.4, 0.5) is 0 Å². The molecule has 3 aromatic rings. The molecule has 1 N–H and O–H groups in total. The molecule has 7 heteroatoms. The Morgan fingerprint density at radius 1 is 1.14 bits per heavy atom. The Hall–Kier alpha value is -4.05. The quantitative estimate of drug-likeness (QED) is 0.492. The van der Waals surface area contributed by atoms with Crippen molar-refractivity contribution in [1.82, 2.24) is 5.43 Å². The minimum absolute atomic E-state index is 0.136. The van der Waals surface area contributed by atoms with E-state index in [1.54, 1.807) is 56.7 Å². The van der Waals surface area contributed by atoms with E-state index >= 15 is 0 Å². The molecule has 0 radical (unpaired) electrons. The van der Waals surface area contributed by atoms with Gasteiger partial charge in [-0.3, -0.25) is 4.79 Å². The van der Waals surface area contributed by atoms with E-state index < -0.39 is 0 Å². The first kappa shape index (κ1) is 19.7. The first-order valence-corrected chi connectivity index (χ1v) is 8.76. The van der Waals surface area contributed by atoms with E-state index in [0.717, 1.165) is 5.56 Å². The molecule has 0 atom stereocenters. The number of carbonyl (C=O) groups is 1. The van der Waals surface area contributed by atoms with Gasteiger partial charge in [-0.2, -0.15) is 10.4 Å². The zero-order valence-corrected chi connectivity index (χ0v) is 16.0. The topological polar surface area (TPSA) is 96.8 Å². The predicted molar refractivity (Wildman–Crippen MR) is 108 cm³/mol. The first-order valence-electron chi connectivity index (χ1n) is 8.76. The van der Waals surface area contributed by atoms with Gasteiger partial charge in [0.1, 0.15) is 11.5 Å². The Kier molecular flexibility index (Phi) is 6.28. The second-order valence-electron chi connectivity index (χ2n) is 6.02. The van der Waals surface area contributed by atoms with E-state index in [1.165, 1.54) is 6.21 Å². The zero-order chi connectivity index (χ0) is 20.6. The third-order valence-corrected chi connectivity index (χ3v) is 4.13. The van der Waals surface area contributed by atoms with Crippen LogP contribution in [0.15, 0.2) is 64.1 Å². The van der Waals surface area contributed by atoms with Crippen LogP contribution in [0.3, 0.4) is 0 Å². The highest BCUT2D eigenvalue weighted by atomic mass is 16.5. The Balaban J connectivity index is 1.61. The Morgan fingerprint density at radius 2 is 1.93 bits per heavy atom. The van der Waals surface area contributed by atoms with E-state index in [-0.39, 0.29) is 12.3 Å². The van der Waals surface area contributed by atoms with Gasteiger partial charge < -0.3 is 13.9 Å². The molecule has 1 aromatic heterocycles. The van der Waals surface area contributed by atoms with Crippen LogP contribution < -0.4 is 14.9 Å². The van der Waals surface area contributed by atoms with E-state index in [2.05, 4.69) is 16.6 Å². The summed E-state index contributed by atoms with van der Waals surface area (Å²) in [5.41, 5.74) is 4.45. The SMILES string of the molecule is COc1ccc(CC(=O)N/N=C\c2ccc(-c3ccccc3C#N)o2)cc1OC. The Bertz CT molecular complexity index is 1080. The molecule has 0 aliphatic heterocycles. The van der Waals surface area contributed by atoms with E-state index in [0.29, 0.717) is 34.1 Å². The number of hydrogen-bond donors (Lipinski definition) is 1. The number of nitriles is 1. The molecule has 0 saturated heterocycles. The number of amides is 1. The summed E-state index contributed by atoms with van der Waals surface area (Å²) in [5.74, 6) is 1.89. The van der Waals surface area contributed by atoms with Gasteiger partial charge in [0.25, 0.3) is 0 Å². The number of rotatable bonds is 7. The molecule has 0 bridgehead atoms. The maximum Gasteiger partial charge on any atom is 0.244 e. The van der Waals surface area contributed by atoms with Crippen molar-refractivity contribution >= 4 is 12.1 Å². The van der Waals surface area contributed by atoms with Gasteiger partial charge in [0.15, 0.2) is 11.5 Å². The molecule has 146 valence electrons. The van der Waals surface area contributed by atoms with Crippen LogP contribution >= 0.6 is 0 Å². The molecular weight excluding hydrogens is 370 g/mol. The first-order chi connectivity index (χ1) is 14.1. The van der Waals surface area contributed by atoms with Crippen molar-refractivity contribution in [2.75, 3.05) is 14.2 Å². The van der Waals surface area contributed by atoms with Gasteiger partial charge in [0.05, 0.1) is 38.5 Å². The fraction of sp³-hybridized carbons (Fsp3) is 0.136. The number of furan rings is 1. The lowest BCUT2D eigenvalue weighted by Crippen LogP contribution is -2.19. The molecule has 1 amide bonds. The molecule has 0 spiro atoms. The minimum Gasteiger partial charge on any atom is -0.493 e. The van der Waals surface area contributed by atoms with Gasteiger partial charge in [0, 0.05) is 5.56 Å². The maximum absolute atomic E-state index is 12.1. The smallest absolute Gasteiger partial charge is 0.244 e. The summed E-state index contributed by atoms with van der Waals surface area (Å²) < 4.78 is 16.1. The lowest BCUT2D eigenvalue weighted by molar-refractivity contribution is -0.120. The van der Waals surface area contributed by atoms with Crippen LogP contribution in [0.1, 0.15) is 16.9 Å². The summed E-state index contributed by atoms with van der Waals surface area (Å²) in [6.07, 6.45) is 1.54. The van der Waals surface area contributed by atoms with Crippen LogP contribution in [0.5, 0.6) is 11.5 Å². The Morgan fingerprint density at radius 3 is 2.69 bits per heavy atom. The van der Waals surface area contributed by atoms with Crippen molar-refractivity contribution in [2.24, 2.45) is 5.10 Å². The standard InChI is InChI=1S/C22H19N3O4/c1-27-20-9-7-15(11-21(20)28-2)12-22(26)25-24-14-17-8-10-19(29-17)18-6-4-3-5-16(18)13-23/h3-11,14H,12H2,1-2H3,(H,25,26)/b24-14-. The number of hydrazone groups is 1. The predicted octanol–water partition coefficient (Wildman–Crippen LogP) is 3.53. The van der Waals surface area contributed by atoms with Crippen molar-refractivity contribution in [3.8, 4) is 28.9 Å². The summed E-state index contributed by atoms with van der Waals surface area (Å²) in [6.45, 7) is 0. The summed E-state index contributed by atoms with van der Waals surface area (Å²) in [4.78, 5) is 12.1. The second-order valence-corrected chi connectivity index (χ2v) is 6.02. The summed E-state index contributed by atoms with van der Waals surface area (Å²) >= 11 is 0. The lowest BCUT2D eigenvalue weighted by Gasteiger charge is -2.09. The van der Waals surface area contributed by atoms with Gasteiger partial charge >= 0.3 is 0 Å². The lowest BCUT2D eigenvalue weighted by atomic mass is 10.1. The molecule has 7 nitrogen and oxygen atoms in total. The normalized spacial score (nSPS) is 10.5. The van der Waals surface area contributed by atoms with Crippen LogP contribution in [0.25, 0.3) is 11.3 Å². The molecule has 0 fully saturated rings. The summed E-state index contributed by atoms with van der Waals surface area (Å²) in [6, 6.07) is 18.0. The number of carbonyl (C=O) groups excluding carboxylic acids is 1. The molecule has 2 aromatic carbocycles. The van der Waals surface area contributed by atoms with Crippen molar-refractivity contribution < 1.29 is 18.7 Å². The van der Waals surface area contributed by atoms with E-state index in [9.17, 15) is 10.1 Å². The number of methoxy groups -OCH3 is 2. The number of benzene rings is 2. The number of nitrogens with one attached hydrogen (secondary N) is 1. The molecule has 0 aliphatic carbocycles. The molecule has 0 saturated carbocycles. The molecule has 0 aliphatic rings. The fourth-order valence-corrected chi connectivity index (χ4v) is 2.75. The molecule has 3 rings (SSSR count). The number of nitrogens with zero attached hydrogens (tertiary/aromatic N) is 2. The van der Waals surface area contributed by atoms with Crippen LogP contribution in [0.2, 0.25) is 0 Å². The molecule has 1 heterocycles. The zero-order valence-electron chi connectivity index (χ0n) is 16.0. The highest BCUT2D eigenvalue weighted by Crippen LogP contribution is 2.27. The van der Waals surface area contributed by atoms with Crippen molar-refractivity contribution in [2.45, 2.75) is 6.42 Å². The number of ether oxygens (including phenoxy) is 2. The third-order valence-electron chi connectivity index (χ3n) is 4.13. The van der Waals surface area contributed by atoms with Crippen LogP contribution in [-0.2, 0) is 11.2 Å². The highest BCUT2D eigenvalue weighted by Gasteiger charge is 2.09. The maximum atomic E-state index is 12.1. The molecule has 0 unspecified atom stereocenters. The van der Waals surface area contributed by atoms with E-state index in [1.807, 2.05) is 12.1 Å². The highest BCUT2D eigenvalue weighted by molar-refractivity contribution is 5.82. The average molecular weight is 389 g/mol. The average Bonchev–Trinajstić information content (AvgIpc) is 3.22. The fourth-order valence-electron chi connectivity index (χ4n) is 2.75. The minimum atomic E-state index is -0.282. The van der Waals surface area contributed by atoms with Crippen molar-refractivity contribution in [3.05, 3.63) is 71.5 Å². The van der Waals surface area contributed by atoms with E-state index in [4.69, 9.17) is 13.9 Å². The van der Waals surface area contributed by atoms with Crippen molar-refractivity contribution in [3.63, 3.8) is 0 Å². The molecular formula is C22H19N3O4. The van der Waals surface area contributed by atoms with Crippen molar-refractivity contribution in [1.29, 1.82) is 5.26 Å². The summed E-state index contributed by atoms with van der Waals surface area (Å²) in [7, 11) is 3.09.